The summed E-state index contributed by atoms with van der Waals surface area (Å²) in [6.07, 6.45) is 0. The van der Waals surface area contributed by atoms with E-state index in [1.807, 2.05) is 0 Å². The van der Waals surface area contributed by atoms with Crippen molar-refractivity contribution in [2.45, 2.75) is 20.8 Å². The average molecular weight is 252 g/mol. The summed E-state index contributed by atoms with van der Waals surface area (Å²) in [6, 6.07) is 3.12. The summed E-state index contributed by atoms with van der Waals surface area (Å²) < 4.78 is 5.51. The average Bonchev–Trinajstić information content (AvgIpc) is 2.34. The number of ether oxygens (including phenoxy) is 1. The zero-order valence-corrected chi connectivity index (χ0v) is 11.1. The topological polar surface area (TPSA) is 62.7 Å². The van der Waals surface area contributed by atoms with Crippen molar-refractivity contribution in [3.05, 3.63) is 23.4 Å². The molecular formula is C13H20N2O3. The Balaban J connectivity index is 2.53. The molecule has 1 rings (SSSR count). The Morgan fingerprint density at radius 1 is 1.39 bits per heavy atom. The SMILES string of the molecule is CCN(CC)CCOc1ccc(C(=O)O)c(C)n1. The summed E-state index contributed by atoms with van der Waals surface area (Å²) in [5, 5.41) is 8.88. The molecule has 0 radical (unpaired) electrons. The van der Waals surface area contributed by atoms with Gasteiger partial charge in [-0.05, 0) is 26.1 Å². The van der Waals surface area contributed by atoms with Gasteiger partial charge in [-0.25, -0.2) is 9.78 Å². The molecule has 1 aromatic rings. The zero-order valence-electron chi connectivity index (χ0n) is 11.1. The Labute approximate surface area is 107 Å². The van der Waals surface area contributed by atoms with Crippen LogP contribution in [0.4, 0.5) is 0 Å². The van der Waals surface area contributed by atoms with Gasteiger partial charge in [0.05, 0.1) is 11.3 Å². The highest BCUT2D eigenvalue weighted by Gasteiger charge is 2.09. The van der Waals surface area contributed by atoms with Gasteiger partial charge in [0.15, 0.2) is 0 Å². The highest BCUT2D eigenvalue weighted by Crippen LogP contribution is 2.12. The summed E-state index contributed by atoms with van der Waals surface area (Å²) in [5.41, 5.74) is 0.689. The molecule has 0 unspecified atom stereocenters. The summed E-state index contributed by atoms with van der Waals surface area (Å²) >= 11 is 0. The molecule has 0 spiro atoms. The molecular weight excluding hydrogens is 232 g/mol. The normalized spacial score (nSPS) is 10.7. The van der Waals surface area contributed by atoms with Crippen LogP contribution in [0.25, 0.3) is 0 Å². The molecule has 1 aromatic heterocycles. The molecule has 5 heteroatoms. The third-order valence-electron chi connectivity index (χ3n) is 2.84. The van der Waals surface area contributed by atoms with Crippen molar-refractivity contribution < 1.29 is 14.6 Å². The molecule has 1 heterocycles. The Bertz CT molecular complexity index is 403. The first-order chi connectivity index (χ1) is 8.58. The maximum absolute atomic E-state index is 10.8. The third kappa shape index (κ3) is 4.00. The highest BCUT2D eigenvalue weighted by atomic mass is 16.5. The van der Waals surface area contributed by atoms with Crippen LogP contribution in [-0.2, 0) is 0 Å². The lowest BCUT2D eigenvalue weighted by atomic mass is 10.2. The largest absolute Gasteiger partial charge is 0.478 e. The predicted octanol–water partition coefficient (Wildman–Crippen LogP) is 1.81. The van der Waals surface area contributed by atoms with Gasteiger partial charge in [0, 0.05) is 12.6 Å². The van der Waals surface area contributed by atoms with Gasteiger partial charge in [0.2, 0.25) is 5.88 Å². The number of pyridine rings is 1. The lowest BCUT2D eigenvalue weighted by Crippen LogP contribution is -2.28. The van der Waals surface area contributed by atoms with Crippen LogP contribution in [0.1, 0.15) is 29.9 Å². The van der Waals surface area contributed by atoms with E-state index >= 15 is 0 Å². The summed E-state index contributed by atoms with van der Waals surface area (Å²) in [5.74, 6) is -0.487. The fraction of sp³-hybridized carbons (Fsp3) is 0.538. The van der Waals surface area contributed by atoms with E-state index in [0.29, 0.717) is 18.2 Å². The fourth-order valence-corrected chi connectivity index (χ4v) is 1.66. The number of likely N-dealkylation sites (N-methyl/N-ethyl adjacent to an activating group) is 1. The number of nitrogens with zero attached hydrogens (tertiary/aromatic N) is 2. The van der Waals surface area contributed by atoms with Crippen LogP contribution in [0.15, 0.2) is 12.1 Å². The molecule has 100 valence electrons. The van der Waals surface area contributed by atoms with E-state index in [1.54, 1.807) is 13.0 Å². The molecule has 0 aliphatic heterocycles. The molecule has 0 atom stereocenters. The van der Waals surface area contributed by atoms with E-state index in [4.69, 9.17) is 9.84 Å². The van der Waals surface area contributed by atoms with Crippen molar-refractivity contribution in [2.75, 3.05) is 26.2 Å². The molecule has 0 saturated heterocycles. The van der Waals surface area contributed by atoms with Gasteiger partial charge in [-0.3, -0.25) is 0 Å². The number of aromatic carboxylic acids is 1. The minimum absolute atomic E-state index is 0.214. The molecule has 0 aliphatic rings. The molecule has 1 N–H and O–H groups in total. The number of aryl methyl sites for hydroxylation is 1. The number of carboxylic acid groups (broad SMARTS) is 1. The first-order valence-electron chi connectivity index (χ1n) is 6.14. The first kappa shape index (κ1) is 14.4. The molecule has 0 bridgehead atoms. The predicted molar refractivity (Wildman–Crippen MR) is 69.2 cm³/mol. The second-order valence-corrected chi connectivity index (χ2v) is 3.96. The van der Waals surface area contributed by atoms with Gasteiger partial charge in [-0.15, -0.1) is 0 Å². The lowest BCUT2D eigenvalue weighted by molar-refractivity contribution is 0.0695. The van der Waals surface area contributed by atoms with Crippen LogP contribution in [-0.4, -0.2) is 47.2 Å². The molecule has 0 aromatic carbocycles. The van der Waals surface area contributed by atoms with E-state index in [-0.39, 0.29) is 5.56 Å². The third-order valence-corrected chi connectivity index (χ3v) is 2.84. The van der Waals surface area contributed by atoms with Crippen molar-refractivity contribution in [2.24, 2.45) is 0 Å². The monoisotopic (exact) mass is 252 g/mol. The van der Waals surface area contributed by atoms with Crippen LogP contribution >= 0.6 is 0 Å². The Kier molecular flexibility index (Phi) is 5.58. The van der Waals surface area contributed by atoms with Crippen LogP contribution in [0, 0.1) is 6.92 Å². The van der Waals surface area contributed by atoms with Crippen LogP contribution in [0.3, 0.4) is 0 Å². The maximum atomic E-state index is 10.8. The van der Waals surface area contributed by atoms with Crippen molar-refractivity contribution in [3.63, 3.8) is 0 Å². The Hall–Kier alpha value is -1.62. The summed E-state index contributed by atoms with van der Waals surface area (Å²) in [4.78, 5) is 17.2. The number of hydrogen-bond acceptors (Lipinski definition) is 4. The fourth-order valence-electron chi connectivity index (χ4n) is 1.66. The minimum Gasteiger partial charge on any atom is -0.478 e. The summed E-state index contributed by atoms with van der Waals surface area (Å²) in [7, 11) is 0. The number of rotatable bonds is 7. The van der Waals surface area contributed by atoms with Crippen molar-refractivity contribution in [1.29, 1.82) is 0 Å². The number of carboxylic acids is 1. The van der Waals surface area contributed by atoms with Crippen LogP contribution in [0.2, 0.25) is 0 Å². The minimum atomic E-state index is -0.963. The van der Waals surface area contributed by atoms with Crippen molar-refractivity contribution in [3.8, 4) is 5.88 Å². The highest BCUT2D eigenvalue weighted by molar-refractivity contribution is 5.88. The first-order valence-corrected chi connectivity index (χ1v) is 6.14. The van der Waals surface area contributed by atoms with E-state index in [2.05, 4.69) is 23.7 Å². The molecule has 5 nitrogen and oxygen atoms in total. The van der Waals surface area contributed by atoms with Gasteiger partial charge in [0.1, 0.15) is 6.61 Å². The second kappa shape index (κ2) is 6.96. The van der Waals surface area contributed by atoms with Gasteiger partial charge in [-0.2, -0.15) is 0 Å². The number of carbonyl (C=O) groups is 1. The van der Waals surface area contributed by atoms with Gasteiger partial charge < -0.3 is 14.7 Å². The van der Waals surface area contributed by atoms with E-state index in [9.17, 15) is 4.79 Å². The van der Waals surface area contributed by atoms with Crippen molar-refractivity contribution >= 4 is 5.97 Å². The van der Waals surface area contributed by atoms with Crippen LogP contribution < -0.4 is 4.74 Å². The van der Waals surface area contributed by atoms with Crippen molar-refractivity contribution in [1.82, 2.24) is 9.88 Å². The molecule has 0 amide bonds. The zero-order chi connectivity index (χ0) is 13.5. The molecule has 0 aliphatic carbocycles. The quantitative estimate of drug-likeness (QED) is 0.801. The van der Waals surface area contributed by atoms with Gasteiger partial charge in [0.25, 0.3) is 0 Å². The summed E-state index contributed by atoms with van der Waals surface area (Å²) in [6.45, 7) is 9.26. The van der Waals surface area contributed by atoms with Crippen LogP contribution in [0.5, 0.6) is 5.88 Å². The number of aromatic nitrogens is 1. The molecule has 0 fully saturated rings. The Morgan fingerprint density at radius 2 is 2.06 bits per heavy atom. The Morgan fingerprint density at radius 3 is 2.56 bits per heavy atom. The number of hydrogen-bond donors (Lipinski definition) is 1. The molecule has 0 saturated carbocycles. The second-order valence-electron chi connectivity index (χ2n) is 3.96. The molecule has 18 heavy (non-hydrogen) atoms. The van der Waals surface area contributed by atoms with E-state index in [1.165, 1.54) is 6.07 Å². The van der Waals surface area contributed by atoms with E-state index < -0.39 is 5.97 Å². The standard InChI is InChI=1S/C13H20N2O3/c1-4-15(5-2)8-9-18-12-7-6-11(13(16)17)10(3)14-12/h6-7H,4-5,8-9H2,1-3H3,(H,16,17). The van der Waals surface area contributed by atoms with E-state index in [0.717, 1.165) is 19.6 Å². The van der Waals surface area contributed by atoms with Gasteiger partial charge >= 0.3 is 5.97 Å². The van der Waals surface area contributed by atoms with Gasteiger partial charge in [-0.1, -0.05) is 13.8 Å². The maximum Gasteiger partial charge on any atom is 0.337 e. The lowest BCUT2D eigenvalue weighted by Gasteiger charge is -2.17. The smallest absolute Gasteiger partial charge is 0.337 e.